The molecule has 0 saturated heterocycles. The fourth-order valence-electron chi connectivity index (χ4n) is 1.93. The second-order valence-electron chi connectivity index (χ2n) is 4.81. The number of benzene rings is 1. The van der Waals surface area contributed by atoms with Crippen LogP contribution in [-0.4, -0.2) is 49.1 Å². The summed E-state index contributed by atoms with van der Waals surface area (Å²) in [6.45, 7) is 9.73. The Morgan fingerprint density at radius 1 is 1.24 bits per heavy atom. The number of urea groups is 1. The van der Waals surface area contributed by atoms with E-state index in [0.29, 0.717) is 17.3 Å². The molecule has 0 aliphatic rings. The van der Waals surface area contributed by atoms with Gasteiger partial charge in [0.2, 0.25) is 0 Å². The Hall–Kier alpha value is -0.970. The molecule has 4 nitrogen and oxygen atoms in total. The lowest BCUT2D eigenvalue weighted by atomic mass is 10.2. The zero-order chi connectivity index (χ0) is 15.1. The van der Waals surface area contributed by atoms with E-state index >= 15 is 0 Å². The van der Waals surface area contributed by atoms with Crippen LogP contribution in [-0.2, 0) is 0 Å². The maximum Gasteiger partial charge on any atom is 0.321 e. The molecule has 1 N–H and O–H groups in total. The van der Waals surface area contributed by atoms with E-state index < -0.39 is 0 Å². The summed E-state index contributed by atoms with van der Waals surface area (Å²) in [5.74, 6) is 0. The SMILES string of the molecule is CCN(CC)CCN(C)C(=O)Nc1c(C)cccc1Cl.Cl. The van der Waals surface area contributed by atoms with Gasteiger partial charge in [0.05, 0.1) is 10.7 Å². The van der Waals surface area contributed by atoms with E-state index in [4.69, 9.17) is 11.6 Å². The predicted molar refractivity (Wildman–Crippen MR) is 92.9 cm³/mol. The molecule has 0 bridgehead atoms. The second kappa shape index (κ2) is 9.87. The van der Waals surface area contributed by atoms with E-state index in [0.717, 1.165) is 25.2 Å². The van der Waals surface area contributed by atoms with E-state index in [2.05, 4.69) is 24.1 Å². The molecule has 6 heteroatoms. The van der Waals surface area contributed by atoms with Gasteiger partial charge < -0.3 is 15.1 Å². The van der Waals surface area contributed by atoms with Gasteiger partial charge in [-0.1, -0.05) is 37.6 Å². The Labute approximate surface area is 138 Å². The molecule has 0 atom stereocenters. The van der Waals surface area contributed by atoms with Gasteiger partial charge >= 0.3 is 6.03 Å². The highest BCUT2D eigenvalue weighted by Crippen LogP contribution is 2.25. The Morgan fingerprint density at radius 3 is 2.38 bits per heavy atom. The maximum atomic E-state index is 12.1. The minimum Gasteiger partial charge on any atom is -0.326 e. The Balaban J connectivity index is 0.00000400. The molecule has 0 unspecified atom stereocenters. The van der Waals surface area contributed by atoms with Crippen molar-refractivity contribution in [1.82, 2.24) is 9.80 Å². The monoisotopic (exact) mass is 333 g/mol. The first-order chi connectivity index (χ1) is 9.49. The van der Waals surface area contributed by atoms with Gasteiger partial charge in [0, 0.05) is 20.1 Å². The van der Waals surface area contributed by atoms with Crippen molar-refractivity contribution in [2.45, 2.75) is 20.8 Å². The lowest BCUT2D eigenvalue weighted by Crippen LogP contribution is -2.38. The van der Waals surface area contributed by atoms with Crippen LogP contribution in [0.4, 0.5) is 10.5 Å². The van der Waals surface area contributed by atoms with Gasteiger partial charge in [0.25, 0.3) is 0 Å². The Kier molecular flexibility index (Phi) is 9.42. The molecule has 0 spiro atoms. The standard InChI is InChI=1S/C15H24ClN3O.ClH/c1-5-19(6-2)11-10-18(4)15(20)17-14-12(3)8-7-9-13(14)16;/h7-9H,5-6,10-11H2,1-4H3,(H,17,20);1H. The van der Waals surface area contributed by atoms with Gasteiger partial charge in [-0.05, 0) is 31.6 Å². The van der Waals surface area contributed by atoms with Gasteiger partial charge in [-0.25, -0.2) is 4.79 Å². The fourth-order valence-corrected chi connectivity index (χ4v) is 2.19. The molecular weight excluding hydrogens is 309 g/mol. The molecule has 21 heavy (non-hydrogen) atoms. The summed E-state index contributed by atoms with van der Waals surface area (Å²) in [4.78, 5) is 16.1. The summed E-state index contributed by atoms with van der Waals surface area (Å²) in [7, 11) is 1.80. The largest absolute Gasteiger partial charge is 0.326 e. The van der Waals surface area contributed by atoms with Gasteiger partial charge in [0.15, 0.2) is 0 Å². The number of likely N-dealkylation sites (N-methyl/N-ethyl adjacent to an activating group) is 2. The van der Waals surface area contributed by atoms with Crippen molar-refractivity contribution in [2.24, 2.45) is 0 Å². The number of nitrogens with one attached hydrogen (secondary N) is 1. The van der Waals surface area contributed by atoms with Crippen LogP contribution in [0.15, 0.2) is 18.2 Å². The number of nitrogens with zero attached hydrogens (tertiary/aromatic N) is 2. The number of rotatable bonds is 6. The van der Waals surface area contributed by atoms with Crippen molar-refractivity contribution < 1.29 is 4.79 Å². The van der Waals surface area contributed by atoms with E-state index in [9.17, 15) is 4.79 Å². The van der Waals surface area contributed by atoms with Gasteiger partial charge in [-0.15, -0.1) is 12.4 Å². The highest BCUT2D eigenvalue weighted by atomic mass is 35.5. The molecule has 0 saturated carbocycles. The number of aryl methyl sites for hydroxylation is 1. The van der Waals surface area contributed by atoms with Crippen molar-refractivity contribution >= 4 is 35.7 Å². The van der Waals surface area contributed by atoms with Crippen LogP contribution in [0, 0.1) is 6.92 Å². The number of para-hydroxylation sites is 1. The third-order valence-electron chi connectivity index (χ3n) is 3.45. The van der Waals surface area contributed by atoms with Crippen molar-refractivity contribution in [3.8, 4) is 0 Å². The summed E-state index contributed by atoms with van der Waals surface area (Å²) in [5.41, 5.74) is 1.65. The summed E-state index contributed by atoms with van der Waals surface area (Å²) in [6, 6.07) is 5.45. The molecule has 120 valence electrons. The van der Waals surface area contributed by atoms with E-state index in [1.807, 2.05) is 19.1 Å². The van der Waals surface area contributed by atoms with Gasteiger partial charge in [-0.3, -0.25) is 0 Å². The third kappa shape index (κ3) is 6.12. The van der Waals surface area contributed by atoms with Crippen LogP contribution in [0.5, 0.6) is 0 Å². The average molecular weight is 334 g/mol. The molecule has 0 aliphatic heterocycles. The number of carbonyl (C=O) groups is 1. The minimum atomic E-state index is -0.131. The number of anilines is 1. The zero-order valence-electron chi connectivity index (χ0n) is 13.1. The number of halogens is 2. The zero-order valence-corrected chi connectivity index (χ0v) is 14.7. The van der Waals surface area contributed by atoms with E-state index in [1.165, 1.54) is 0 Å². The van der Waals surface area contributed by atoms with Crippen LogP contribution in [0.2, 0.25) is 5.02 Å². The predicted octanol–water partition coefficient (Wildman–Crippen LogP) is 3.88. The molecule has 0 aliphatic carbocycles. The lowest BCUT2D eigenvalue weighted by Gasteiger charge is -2.24. The topological polar surface area (TPSA) is 35.6 Å². The van der Waals surface area contributed by atoms with E-state index in [-0.39, 0.29) is 18.4 Å². The van der Waals surface area contributed by atoms with Crippen molar-refractivity contribution in [2.75, 3.05) is 38.5 Å². The first-order valence-electron chi connectivity index (χ1n) is 6.99. The molecule has 1 aromatic carbocycles. The summed E-state index contributed by atoms with van der Waals surface area (Å²) in [6.07, 6.45) is 0. The number of amides is 2. The highest BCUT2D eigenvalue weighted by Gasteiger charge is 2.12. The highest BCUT2D eigenvalue weighted by molar-refractivity contribution is 6.33. The summed E-state index contributed by atoms with van der Waals surface area (Å²) < 4.78 is 0. The number of hydrogen-bond acceptors (Lipinski definition) is 2. The van der Waals surface area contributed by atoms with Crippen LogP contribution in [0.1, 0.15) is 19.4 Å². The molecule has 0 fully saturated rings. The van der Waals surface area contributed by atoms with Crippen molar-refractivity contribution in [1.29, 1.82) is 0 Å². The van der Waals surface area contributed by atoms with Crippen molar-refractivity contribution in [3.05, 3.63) is 28.8 Å². The average Bonchev–Trinajstić information content (AvgIpc) is 2.43. The summed E-state index contributed by atoms with van der Waals surface area (Å²) in [5, 5.41) is 3.44. The lowest BCUT2D eigenvalue weighted by molar-refractivity contribution is 0.210. The molecule has 1 aromatic rings. The quantitative estimate of drug-likeness (QED) is 0.857. The maximum absolute atomic E-state index is 12.1. The number of carbonyl (C=O) groups excluding carboxylic acids is 1. The van der Waals surface area contributed by atoms with Gasteiger partial charge in [0.1, 0.15) is 0 Å². The molecule has 0 radical (unpaired) electrons. The molecule has 0 heterocycles. The first-order valence-corrected chi connectivity index (χ1v) is 7.37. The summed E-state index contributed by atoms with van der Waals surface area (Å²) >= 11 is 6.11. The Bertz CT molecular complexity index is 430. The molecular formula is C15H25Cl2N3O. The van der Waals surface area contributed by atoms with Crippen LogP contribution in [0.25, 0.3) is 0 Å². The van der Waals surface area contributed by atoms with Gasteiger partial charge in [-0.2, -0.15) is 0 Å². The van der Waals surface area contributed by atoms with Crippen LogP contribution < -0.4 is 5.32 Å². The second-order valence-corrected chi connectivity index (χ2v) is 5.22. The minimum absolute atomic E-state index is 0. The molecule has 2 amide bonds. The normalized spacial score (nSPS) is 10.2. The van der Waals surface area contributed by atoms with Crippen molar-refractivity contribution in [3.63, 3.8) is 0 Å². The first kappa shape index (κ1) is 20.0. The molecule has 0 aromatic heterocycles. The smallest absolute Gasteiger partial charge is 0.321 e. The van der Waals surface area contributed by atoms with Crippen LogP contribution in [0.3, 0.4) is 0 Å². The third-order valence-corrected chi connectivity index (χ3v) is 3.76. The molecule has 1 rings (SSSR count). The Morgan fingerprint density at radius 2 is 1.86 bits per heavy atom. The van der Waals surface area contributed by atoms with Crippen LogP contribution >= 0.6 is 24.0 Å². The fraction of sp³-hybridized carbons (Fsp3) is 0.533. The number of hydrogen-bond donors (Lipinski definition) is 1. The van der Waals surface area contributed by atoms with E-state index in [1.54, 1.807) is 18.0 Å².